The van der Waals surface area contributed by atoms with Crippen molar-refractivity contribution in [2.45, 2.75) is 25.7 Å². The van der Waals surface area contributed by atoms with Gasteiger partial charge in [-0.15, -0.1) is 6.42 Å². The van der Waals surface area contributed by atoms with Crippen LogP contribution in [0.2, 0.25) is 0 Å². The second-order valence-corrected chi connectivity index (χ2v) is 10.9. The number of piperazine rings is 1. The molecule has 3 aromatic carbocycles. The Morgan fingerprint density at radius 3 is 2.14 bits per heavy atom. The van der Waals surface area contributed by atoms with Gasteiger partial charge in [-0.05, 0) is 87.0 Å². The lowest BCUT2D eigenvalue weighted by molar-refractivity contribution is 0.161. The number of benzene rings is 3. The van der Waals surface area contributed by atoms with Gasteiger partial charge in [-0.3, -0.25) is 0 Å². The molecule has 0 radical (unpaired) electrons. The van der Waals surface area contributed by atoms with Crippen LogP contribution in [-0.4, -0.2) is 77.9 Å². The Bertz CT molecular complexity index is 1660. The summed E-state index contributed by atoms with van der Waals surface area (Å²) in [5, 5.41) is 0. The van der Waals surface area contributed by atoms with E-state index in [2.05, 4.69) is 63.1 Å². The molecule has 1 aliphatic heterocycles. The van der Waals surface area contributed by atoms with Gasteiger partial charge in [0, 0.05) is 49.6 Å². The summed E-state index contributed by atoms with van der Waals surface area (Å²) in [6, 6.07) is 20.9. The third-order valence-corrected chi connectivity index (χ3v) is 7.85. The van der Waals surface area contributed by atoms with Crippen molar-refractivity contribution < 1.29 is 9.47 Å². The van der Waals surface area contributed by atoms with Crippen LogP contribution < -0.4 is 9.64 Å². The number of hydrogen-bond acceptors (Lipinski definition) is 6. The smallest absolute Gasteiger partial charge is 0.138 e. The fourth-order valence-corrected chi connectivity index (χ4v) is 5.38. The molecule has 0 unspecified atom stereocenters. The van der Waals surface area contributed by atoms with Gasteiger partial charge in [0.25, 0.3) is 0 Å². The lowest BCUT2D eigenvalue weighted by Crippen LogP contribution is -2.44. The van der Waals surface area contributed by atoms with Gasteiger partial charge in [0.15, 0.2) is 0 Å². The number of anilines is 1. The largest absolute Gasteiger partial charge is 0.494 e. The number of imidazole rings is 2. The van der Waals surface area contributed by atoms with Crippen molar-refractivity contribution in [1.82, 2.24) is 24.8 Å². The van der Waals surface area contributed by atoms with Gasteiger partial charge in [0.1, 0.15) is 24.0 Å². The molecule has 2 N–H and O–H groups in total. The highest BCUT2D eigenvalue weighted by Crippen LogP contribution is 2.29. The molecule has 8 nitrogen and oxygen atoms in total. The van der Waals surface area contributed by atoms with Crippen LogP contribution >= 0.6 is 0 Å². The van der Waals surface area contributed by atoms with Crippen LogP contribution in [0.1, 0.15) is 25.7 Å². The van der Waals surface area contributed by atoms with E-state index >= 15 is 0 Å². The van der Waals surface area contributed by atoms with E-state index in [9.17, 15) is 0 Å². The van der Waals surface area contributed by atoms with Crippen LogP contribution in [0.25, 0.3) is 44.8 Å². The molecule has 2 aromatic heterocycles. The third-order valence-electron chi connectivity index (χ3n) is 7.85. The standard InChI is InChI=1S/C34H38N6O2/c1-3-20-41-21-6-4-5-7-22-42-28-12-8-25(9-13-28)33-35-29-14-10-26(23-31(29)37-33)34-36-30-15-11-27(24-32(30)38-34)40-18-16-39(2)17-19-40/h1,8-15,23-24H,4-7,16-22H2,2H3,(H,35,37)(H,36,38). The average Bonchev–Trinajstić information content (AvgIpc) is 3.65. The van der Waals surface area contributed by atoms with Gasteiger partial charge >= 0.3 is 0 Å². The van der Waals surface area contributed by atoms with Crippen LogP contribution in [0.15, 0.2) is 60.7 Å². The Morgan fingerprint density at radius 1 is 0.762 bits per heavy atom. The van der Waals surface area contributed by atoms with Crippen LogP contribution in [0.3, 0.4) is 0 Å². The first kappa shape index (κ1) is 27.8. The Kier molecular flexibility index (Phi) is 8.69. The molecule has 216 valence electrons. The molecule has 8 heteroatoms. The second kappa shape index (κ2) is 13.1. The topological polar surface area (TPSA) is 82.3 Å². The zero-order chi connectivity index (χ0) is 28.7. The number of nitrogens with zero attached hydrogens (tertiary/aromatic N) is 4. The molecular formula is C34H38N6O2. The van der Waals surface area contributed by atoms with Crippen LogP contribution in [0.5, 0.6) is 5.75 Å². The number of terminal acetylenes is 1. The van der Waals surface area contributed by atoms with E-state index in [0.717, 1.165) is 109 Å². The van der Waals surface area contributed by atoms with E-state index in [1.165, 1.54) is 5.69 Å². The summed E-state index contributed by atoms with van der Waals surface area (Å²) < 4.78 is 11.2. The zero-order valence-corrected chi connectivity index (χ0v) is 24.2. The minimum atomic E-state index is 0.398. The quantitative estimate of drug-likeness (QED) is 0.141. The van der Waals surface area contributed by atoms with Crippen molar-refractivity contribution in [3.8, 4) is 40.9 Å². The molecule has 1 aliphatic rings. The number of nitrogens with one attached hydrogen (secondary N) is 2. The lowest BCUT2D eigenvalue weighted by Gasteiger charge is -2.34. The van der Waals surface area contributed by atoms with Gasteiger partial charge in [-0.25, -0.2) is 9.97 Å². The van der Waals surface area contributed by atoms with Crippen molar-refractivity contribution >= 4 is 27.8 Å². The third kappa shape index (κ3) is 6.59. The molecule has 42 heavy (non-hydrogen) atoms. The van der Waals surface area contributed by atoms with Gasteiger partial charge in [-0.2, -0.15) is 0 Å². The first-order valence-corrected chi connectivity index (χ1v) is 14.8. The molecule has 0 amide bonds. The SMILES string of the molecule is C#CCOCCCCCCOc1ccc(-c2nc3ccc(-c4nc5ccc(N6CCN(C)CC6)cc5[nH]4)cc3[nH]2)cc1. The highest BCUT2D eigenvalue weighted by molar-refractivity contribution is 5.87. The molecule has 0 spiro atoms. The van der Waals surface area contributed by atoms with E-state index < -0.39 is 0 Å². The number of ether oxygens (including phenoxy) is 2. The molecule has 6 rings (SSSR count). The summed E-state index contributed by atoms with van der Waals surface area (Å²) in [6.45, 7) is 6.09. The molecule has 0 saturated carbocycles. The Hall–Kier alpha value is -4.32. The fourth-order valence-electron chi connectivity index (χ4n) is 5.38. The van der Waals surface area contributed by atoms with Gasteiger partial charge in [-0.1, -0.05) is 12.3 Å². The zero-order valence-electron chi connectivity index (χ0n) is 24.2. The van der Waals surface area contributed by atoms with Crippen molar-refractivity contribution in [3.05, 3.63) is 60.7 Å². The average molecular weight is 563 g/mol. The first-order chi connectivity index (χ1) is 20.7. The summed E-state index contributed by atoms with van der Waals surface area (Å²) in [5.41, 5.74) is 7.22. The number of rotatable bonds is 12. The number of likely N-dealkylation sites (N-methyl/N-ethyl adjacent to an activating group) is 1. The number of aromatic nitrogens is 4. The number of aromatic amines is 2. The van der Waals surface area contributed by atoms with Crippen LogP contribution in [0, 0.1) is 12.3 Å². The number of unbranched alkanes of at least 4 members (excludes halogenated alkanes) is 3. The van der Waals surface area contributed by atoms with Crippen molar-refractivity contribution in [1.29, 1.82) is 0 Å². The maximum absolute atomic E-state index is 5.93. The van der Waals surface area contributed by atoms with Crippen molar-refractivity contribution in [2.75, 3.05) is 57.9 Å². The molecule has 5 aromatic rings. The summed E-state index contributed by atoms with van der Waals surface area (Å²) >= 11 is 0. The van der Waals surface area contributed by atoms with E-state index in [-0.39, 0.29) is 0 Å². The van der Waals surface area contributed by atoms with Gasteiger partial charge in [0.2, 0.25) is 0 Å². The summed E-state index contributed by atoms with van der Waals surface area (Å²) in [6.07, 6.45) is 9.47. The van der Waals surface area contributed by atoms with Gasteiger partial charge in [0.05, 0.1) is 28.7 Å². The Morgan fingerprint density at radius 2 is 1.40 bits per heavy atom. The van der Waals surface area contributed by atoms with E-state index in [4.69, 9.17) is 25.9 Å². The normalized spacial score (nSPS) is 14.0. The highest BCUT2D eigenvalue weighted by atomic mass is 16.5. The number of hydrogen-bond donors (Lipinski definition) is 2. The lowest BCUT2D eigenvalue weighted by atomic mass is 10.2. The molecule has 0 bridgehead atoms. The Labute approximate surface area is 247 Å². The Balaban J connectivity index is 1.07. The minimum Gasteiger partial charge on any atom is -0.494 e. The second-order valence-electron chi connectivity index (χ2n) is 10.9. The number of fused-ring (bicyclic) bond motifs is 2. The molecular weight excluding hydrogens is 524 g/mol. The monoisotopic (exact) mass is 562 g/mol. The summed E-state index contributed by atoms with van der Waals surface area (Å²) in [5.74, 6) is 5.05. The molecule has 0 aliphatic carbocycles. The van der Waals surface area contributed by atoms with Crippen LogP contribution in [0.4, 0.5) is 5.69 Å². The van der Waals surface area contributed by atoms with Gasteiger partial charge < -0.3 is 29.2 Å². The predicted molar refractivity (Wildman–Crippen MR) is 170 cm³/mol. The maximum Gasteiger partial charge on any atom is 0.138 e. The minimum absolute atomic E-state index is 0.398. The first-order valence-electron chi connectivity index (χ1n) is 14.8. The highest BCUT2D eigenvalue weighted by Gasteiger charge is 2.16. The summed E-state index contributed by atoms with van der Waals surface area (Å²) in [4.78, 5) is 21.5. The molecule has 3 heterocycles. The number of H-pyrrole nitrogens is 2. The van der Waals surface area contributed by atoms with Crippen molar-refractivity contribution in [2.24, 2.45) is 0 Å². The molecule has 1 fully saturated rings. The van der Waals surface area contributed by atoms with E-state index in [0.29, 0.717) is 13.2 Å². The summed E-state index contributed by atoms with van der Waals surface area (Å²) in [7, 11) is 2.18. The predicted octanol–water partition coefficient (Wildman–Crippen LogP) is 6.11. The van der Waals surface area contributed by atoms with E-state index in [1.54, 1.807) is 0 Å². The fraction of sp³-hybridized carbons (Fsp3) is 0.353. The molecule has 1 saturated heterocycles. The molecule has 0 atom stereocenters. The maximum atomic E-state index is 5.93. The van der Waals surface area contributed by atoms with Crippen molar-refractivity contribution in [3.63, 3.8) is 0 Å². The van der Waals surface area contributed by atoms with Crippen LogP contribution in [-0.2, 0) is 4.74 Å². The van der Waals surface area contributed by atoms with E-state index in [1.807, 2.05) is 30.3 Å².